The van der Waals surface area contributed by atoms with Crippen molar-refractivity contribution in [3.05, 3.63) is 59.2 Å². The Kier molecular flexibility index (Phi) is 5.60. The highest BCUT2D eigenvalue weighted by Gasteiger charge is 2.13. The van der Waals surface area contributed by atoms with Crippen LogP contribution in [0.25, 0.3) is 0 Å². The third-order valence-electron chi connectivity index (χ3n) is 3.69. The number of methoxy groups -OCH3 is 2. The van der Waals surface area contributed by atoms with Crippen molar-refractivity contribution < 1.29 is 19.4 Å². The minimum atomic E-state index is -0.922. The molecular formula is C18H21NO4. The number of carboxylic acid groups (broad SMARTS) is 1. The lowest BCUT2D eigenvalue weighted by Crippen LogP contribution is -2.19. The number of nitrogens with one attached hydrogen (secondary N) is 1. The number of ether oxygens (including phenoxy) is 2. The lowest BCUT2D eigenvalue weighted by molar-refractivity contribution is 0.0696. The molecule has 0 fully saturated rings. The van der Waals surface area contributed by atoms with Gasteiger partial charge in [0.1, 0.15) is 11.5 Å². The molecule has 0 amide bonds. The first kappa shape index (κ1) is 16.8. The average molecular weight is 315 g/mol. The third-order valence-corrected chi connectivity index (χ3v) is 3.69. The van der Waals surface area contributed by atoms with Crippen molar-refractivity contribution in [2.24, 2.45) is 0 Å². The Hall–Kier alpha value is -2.53. The molecule has 0 radical (unpaired) electrons. The van der Waals surface area contributed by atoms with Crippen LogP contribution in [-0.4, -0.2) is 25.3 Å². The number of rotatable bonds is 7. The quantitative estimate of drug-likeness (QED) is 0.821. The van der Waals surface area contributed by atoms with E-state index >= 15 is 0 Å². The van der Waals surface area contributed by atoms with E-state index in [-0.39, 0.29) is 11.6 Å². The van der Waals surface area contributed by atoms with Gasteiger partial charge in [0.15, 0.2) is 0 Å². The minimum absolute atomic E-state index is 0.0218. The molecule has 1 atom stereocenters. The Morgan fingerprint density at radius 1 is 1.17 bits per heavy atom. The standard InChI is InChI=1S/C18H21NO4/c1-12(16-10-15(22-2)7-8-17(16)23-3)19-11-13-5-4-6-14(9-13)18(20)21/h4-10,12,19H,11H2,1-3H3,(H,20,21). The summed E-state index contributed by atoms with van der Waals surface area (Å²) in [5, 5.41) is 12.4. The molecule has 2 aromatic rings. The van der Waals surface area contributed by atoms with Crippen molar-refractivity contribution in [3.63, 3.8) is 0 Å². The highest BCUT2D eigenvalue weighted by molar-refractivity contribution is 5.87. The van der Waals surface area contributed by atoms with E-state index in [1.165, 1.54) is 0 Å². The predicted octanol–water partition coefficient (Wildman–Crippen LogP) is 3.25. The maximum Gasteiger partial charge on any atom is 0.335 e. The molecule has 0 aromatic heterocycles. The summed E-state index contributed by atoms with van der Waals surface area (Å²) in [7, 11) is 3.26. The van der Waals surface area contributed by atoms with Crippen molar-refractivity contribution in [1.82, 2.24) is 5.32 Å². The minimum Gasteiger partial charge on any atom is -0.497 e. The molecule has 5 nitrogen and oxygen atoms in total. The SMILES string of the molecule is COc1ccc(OC)c(C(C)NCc2cccc(C(=O)O)c2)c1. The Bertz CT molecular complexity index is 684. The Morgan fingerprint density at radius 3 is 2.61 bits per heavy atom. The summed E-state index contributed by atoms with van der Waals surface area (Å²) >= 11 is 0. The molecule has 122 valence electrons. The molecule has 5 heteroatoms. The van der Waals surface area contributed by atoms with Gasteiger partial charge >= 0.3 is 5.97 Å². The van der Waals surface area contributed by atoms with Crippen LogP contribution in [0.4, 0.5) is 0 Å². The molecule has 2 aromatic carbocycles. The molecule has 0 spiro atoms. The fourth-order valence-corrected chi connectivity index (χ4v) is 2.37. The summed E-state index contributed by atoms with van der Waals surface area (Å²) in [4.78, 5) is 11.0. The molecule has 0 aliphatic heterocycles. The Labute approximate surface area is 135 Å². The summed E-state index contributed by atoms with van der Waals surface area (Å²) in [6, 6.07) is 12.6. The van der Waals surface area contributed by atoms with E-state index in [0.29, 0.717) is 6.54 Å². The van der Waals surface area contributed by atoms with Crippen LogP contribution in [0.3, 0.4) is 0 Å². The van der Waals surface area contributed by atoms with Gasteiger partial charge in [-0.1, -0.05) is 12.1 Å². The van der Waals surface area contributed by atoms with Crippen molar-refractivity contribution in [3.8, 4) is 11.5 Å². The highest BCUT2D eigenvalue weighted by Crippen LogP contribution is 2.29. The lowest BCUT2D eigenvalue weighted by Gasteiger charge is -2.18. The number of hydrogen-bond donors (Lipinski definition) is 2. The largest absolute Gasteiger partial charge is 0.497 e. The first-order valence-corrected chi connectivity index (χ1v) is 7.32. The third kappa shape index (κ3) is 4.23. The van der Waals surface area contributed by atoms with E-state index in [9.17, 15) is 4.79 Å². The Balaban J connectivity index is 2.11. The fourth-order valence-electron chi connectivity index (χ4n) is 2.37. The van der Waals surface area contributed by atoms with Gasteiger partial charge in [0.25, 0.3) is 0 Å². The van der Waals surface area contributed by atoms with Crippen LogP contribution < -0.4 is 14.8 Å². The summed E-state index contributed by atoms with van der Waals surface area (Å²) in [5.41, 5.74) is 2.19. The zero-order valence-electron chi connectivity index (χ0n) is 13.5. The molecule has 0 heterocycles. The van der Waals surface area contributed by atoms with Gasteiger partial charge in [-0.15, -0.1) is 0 Å². The molecule has 0 saturated heterocycles. The monoisotopic (exact) mass is 315 g/mol. The van der Waals surface area contributed by atoms with Crippen LogP contribution in [0, 0.1) is 0 Å². The lowest BCUT2D eigenvalue weighted by atomic mass is 10.1. The number of carbonyl (C=O) groups is 1. The van der Waals surface area contributed by atoms with E-state index in [1.54, 1.807) is 32.4 Å². The van der Waals surface area contributed by atoms with Crippen LogP contribution in [-0.2, 0) is 6.54 Å². The molecule has 23 heavy (non-hydrogen) atoms. The fraction of sp³-hybridized carbons (Fsp3) is 0.278. The molecule has 0 bridgehead atoms. The van der Waals surface area contributed by atoms with E-state index in [4.69, 9.17) is 14.6 Å². The number of carboxylic acids is 1. The normalized spacial score (nSPS) is 11.8. The maximum absolute atomic E-state index is 11.0. The van der Waals surface area contributed by atoms with Gasteiger partial charge in [0.05, 0.1) is 19.8 Å². The van der Waals surface area contributed by atoms with Gasteiger partial charge < -0.3 is 19.9 Å². The maximum atomic E-state index is 11.0. The molecule has 0 aliphatic carbocycles. The van der Waals surface area contributed by atoms with Crippen molar-refractivity contribution >= 4 is 5.97 Å². The van der Waals surface area contributed by atoms with Crippen LogP contribution >= 0.6 is 0 Å². The summed E-state index contributed by atoms with van der Waals surface area (Å²) in [5.74, 6) is 0.627. The second-order valence-electron chi connectivity index (χ2n) is 5.22. The topological polar surface area (TPSA) is 67.8 Å². The van der Waals surface area contributed by atoms with Crippen molar-refractivity contribution in [2.45, 2.75) is 19.5 Å². The Morgan fingerprint density at radius 2 is 1.96 bits per heavy atom. The number of aromatic carboxylic acids is 1. The van der Waals surface area contributed by atoms with Crippen molar-refractivity contribution in [2.75, 3.05) is 14.2 Å². The first-order chi connectivity index (χ1) is 11.0. The smallest absolute Gasteiger partial charge is 0.335 e. The predicted molar refractivity (Wildman–Crippen MR) is 88.2 cm³/mol. The van der Waals surface area contributed by atoms with Crippen LogP contribution in [0.1, 0.15) is 34.5 Å². The van der Waals surface area contributed by atoms with Gasteiger partial charge in [0, 0.05) is 18.2 Å². The van der Waals surface area contributed by atoms with E-state index in [2.05, 4.69) is 5.32 Å². The number of benzene rings is 2. The zero-order valence-corrected chi connectivity index (χ0v) is 13.5. The number of hydrogen-bond acceptors (Lipinski definition) is 4. The molecule has 2 rings (SSSR count). The second kappa shape index (κ2) is 7.65. The van der Waals surface area contributed by atoms with Gasteiger partial charge in [-0.25, -0.2) is 4.79 Å². The zero-order chi connectivity index (χ0) is 16.8. The van der Waals surface area contributed by atoms with Crippen molar-refractivity contribution in [1.29, 1.82) is 0 Å². The van der Waals surface area contributed by atoms with Gasteiger partial charge in [-0.05, 0) is 42.8 Å². The summed E-state index contributed by atoms with van der Waals surface area (Å²) < 4.78 is 10.7. The second-order valence-corrected chi connectivity index (χ2v) is 5.22. The van der Waals surface area contributed by atoms with Crippen LogP contribution in [0.5, 0.6) is 11.5 Å². The highest BCUT2D eigenvalue weighted by atomic mass is 16.5. The van der Waals surface area contributed by atoms with Gasteiger partial charge in [0.2, 0.25) is 0 Å². The van der Waals surface area contributed by atoms with E-state index in [1.807, 2.05) is 31.2 Å². The van der Waals surface area contributed by atoms with E-state index in [0.717, 1.165) is 22.6 Å². The molecule has 1 unspecified atom stereocenters. The van der Waals surface area contributed by atoms with Crippen LogP contribution in [0.2, 0.25) is 0 Å². The first-order valence-electron chi connectivity index (χ1n) is 7.32. The molecule has 0 aliphatic rings. The van der Waals surface area contributed by atoms with Gasteiger partial charge in [-0.3, -0.25) is 0 Å². The molecule has 2 N–H and O–H groups in total. The van der Waals surface area contributed by atoms with Gasteiger partial charge in [-0.2, -0.15) is 0 Å². The summed E-state index contributed by atoms with van der Waals surface area (Å²) in [6.07, 6.45) is 0. The van der Waals surface area contributed by atoms with Crippen LogP contribution in [0.15, 0.2) is 42.5 Å². The summed E-state index contributed by atoms with van der Waals surface area (Å²) in [6.45, 7) is 2.58. The molecular weight excluding hydrogens is 294 g/mol. The molecule has 0 saturated carbocycles. The van der Waals surface area contributed by atoms with E-state index < -0.39 is 5.97 Å². The average Bonchev–Trinajstić information content (AvgIpc) is 2.59.